The van der Waals surface area contributed by atoms with E-state index in [2.05, 4.69) is 30.6 Å². The normalized spacial score (nSPS) is 14.1. The number of rotatable bonds is 9. The zero-order chi connectivity index (χ0) is 13.3. The van der Waals surface area contributed by atoms with Crippen molar-refractivity contribution in [2.45, 2.75) is 13.3 Å². The van der Waals surface area contributed by atoms with Crippen LogP contribution in [0.5, 0.6) is 0 Å². The molecule has 0 fully saturated rings. The number of carbonyl (C=O) groups excluding carboxylic acids is 2. The first-order valence-corrected chi connectivity index (χ1v) is 7.78. The molecule has 0 saturated heterocycles. The van der Waals surface area contributed by atoms with Crippen LogP contribution in [0, 0.1) is 11.8 Å². The second kappa shape index (κ2) is 9.96. The summed E-state index contributed by atoms with van der Waals surface area (Å²) in [6.07, 6.45) is 0.820. The fourth-order valence-electron chi connectivity index (χ4n) is 1.37. The summed E-state index contributed by atoms with van der Waals surface area (Å²) >= 11 is 9.90. The van der Waals surface area contributed by atoms with Gasteiger partial charge in [0.1, 0.15) is 0 Å². The van der Waals surface area contributed by atoms with E-state index in [9.17, 15) is 9.59 Å². The molecule has 0 heterocycles. The third kappa shape index (κ3) is 7.83. The summed E-state index contributed by atoms with van der Waals surface area (Å²) in [5.41, 5.74) is 5.39. The second-order valence-electron chi connectivity index (χ2n) is 3.71. The standard InChI is InChI=1S/C10H20N2O2S3/c1-7(13)12-6-17-5-9(10(11)14)8(4-16)2-3-15/h8-9,15-16H,2-6H2,1H3,(H2,11,14)(H,12,13). The zero-order valence-electron chi connectivity index (χ0n) is 9.89. The Morgan fingerprint density at radius 3 is 2.47 bits per heavy atom. The Bertz CT molecular complexity index is 252. The molecule has 2 atom stereocenters. The lowest BCUT2D eigenvalue weighted by Gasteiger charge is -2.22. The van der Waals surface area contributed by atoms with E-state index in [4.69, 9.17) is 5.73 Å². The molecule has 0 spiro atoms. The minimum Gasteiger partial charge on any atom is -0.369 e. The summed E-state index contributed by atoms with van der Waals surface area (Å²) in [5.74, 6) is 2.00. The van der Waals surface area contributed by atoms with Gasteiger partial charge >= 0.3 is 0 Å². The predicted molar refractivity (Wildman–Crippen MR) is 79.6 cm³/mol. The second-order valence-corrected chi connectivity index (χ2v) is 5.55. The van der Waals surface area contributed by atoms with E-state index in [-0.39, 0.29) is 23.7 Å². The van der Waals surface area contributed by atoms with Crippen LogP contribution in [-0.4, -0.2) is 34.9 Å². The Balaban J connectivity index is 4.13. The van der Waals surface area contributed by atoms with Crippen molar-refractivity contribution in [3.8, 4) is 0 Å². The van der Waals surface area contributed by atoms with E-state index in [1.165, 1.54) is 18.7 Å². The highest BCUT2D eigenvalue weighted by Gasteiger charge is 2.24. The largest absolute Gasteiger partial charge is 0.369 e. The summed E-state index contributed by atoms with van der Waals surface area (Å²) in [7, 11) is 0. The van der Waals surface area contributed by atoms with E-state index in [0.717, 1.165) is 6.42 Å². The summed E-state index contributed by atoms with van der Waals surface area (Å²) in [4.78, 5) is 22.0. The molecule has 0 aliphatic rings. The van der Waals surface area contributed by atoms with E-state index < -0.39 is 0 Å². The van der Waals surface area contributed by atoms with E-state index in [1.54, 1.807) is 0 Å². The van der Waals surface area contributed by atoms with Gasteiger partial charge in [-0.25, -0.2) is 0 Å². The Morgan fingerprint density at radius 1 is 1.41 bits per heavy atom. The minimum atomic E-state index is -0.304. The van der Waals surface area contributed by atoms with Crippen LogP contribution in [0.3, 0.4) is 0 Å². The number of thioether (sulfide) groups is 1. The molecule has 0 aromatic heterocycles. The quantitative estimate of drug-likeness (QED) is 0.289. The molecule has 0 radical (unpaired) electrons. The van der Waals surface area contributed by atoms with E-state index in [0.29, 0.717) is 23.1 Å². The van der Waals surface area contributed by atoms with Gasteiger partial charge in [0.15, 0.2) is 0 Å². The zero-order valence-corrected chi connectivity index (χ0v) is 12.5. The van der Waals surface area contributed by atoms with Crippen LogP contribution >= 0.6 is 37.0 Å². The molecular formula is C10H20N2O2S3. The highest BCUT2D eigenvalue weighted by Crippen LogP contribution is 2.22. The van der Waals surface area contributed by atoms with Gasteiger partial charge in [-0.3, -0.25) is 9.59 Å². The Labute approximate surface area is 118 Å². The van der Waals surface area contributed by atoms with Crippen LogP contribution in [0.15, 0.2) is 0 Å². The molecule has 2 unspecified atom stereocenters. The lowest BCUT2D eigenvalue weighted by Crippen LogP contribution is -2.34. The van der Waals surface area contributed by atoms with Crippen molar-refractivity contribution in [2.75, 3.05) is 23.1 Å². The van der Waals surface area contributed by atoms with Crippen molar-refractivity contribution in [3.63, 3.8) is 0 Å². The first-order valence-electron chi connectivity index (χ1n) is 5.36. The number of hydrogen-bond donors (Lipinski definition) is 4. The van der Waals surface area contributed by atoms with Gasteiger partial charge in [0, 0.05) is 12.7 Å². The number of primary amides is 1. The smallest absolute Gasteiger partial charge is 0.221 e. The van der Waals surface area contributed by atoms with Gasteiger partial charge in [0.2, 0.25) is 11.8 Å². The first-order chi connectivity index (χ1) is 8.02. The molecular weight excluding hydrogens is 276 g/mol. The van der Waals surface area contributed by atoms with Crippen LogP contribution < -0.4 is 11.1 Å². The molecule has 0 aliphatic carbocycles. The summed E-state index contributed by atoms with van der Waals surface area (Å²) in [5, 5.41) is 2.67. The molecule has 4 nitrogen and oxygen atoms in total. The van der Waals surface area contributed by atoms with Crippen LogP contribution in [-0.2, 0) is 9.59 Å². The van der Waals surface area contributed by atoms with Gasteiger partial charge in [-0.05, 0) is 23.8 Å². The molecule has 0 aromatic rings. The Morgan fingerprint density at radius 2 is 2.06 bits per heavy atom. The third-order valence-electron chi connectivity index (χ3n) is 2.39. The first kappa shape index (κ1) is 17.0. The number of nitrogens with one attached hydrogen (secondary N) is 1. The number of hydrogen-bond acceptors (Lipinski definition) is 5. The lowest BCUT2D eigenvalue weighted by molar-refractivity contribution is -0.122. The molecule has 2 amide bonds. The summed E-state index contributed by atoms with van der Waals surface area (Å²) in [6, 6.07) is 0. The highest BCUT2D eigenvalue weighted by molar-refractivity contribution is 7.99. The van der Waals surface area contributed by atoms with Gasteiger partial charge in [-0.1, -0.05) is 0 Å². The van der Waals surface area contributed by atoms with E-state index >= 15 is 0 Å². The van der Waals surface area contributed by atoms with E-state index in [1.807, 2.05) is 0 Å². The molecule has 0 saturated carbocycles. The number of thiol groups is 2. The van der Waals surface area contributed by atoms with Gasteiger partial charge in [-0.15, -0.1) is 11.8 Å². The fourth-order valence-corrected chi connectivity index (χ4v) is 3.26. The number of amides is 2. The van der Waals surface area contributed by atoms with Crippen molar-refractivity contribution in [3.05, 3.63) is 0 Å². The molecule has 3 N–H and O–H groups in total. The molecule has 0 aromatic carbocycles. The molecule has 0 rings (SSSR count). The highest BCUT2D eigenvalue weighted by atomic mass is 32.2. The SMILES string of the molecule is CC(=O)NCSCC(C(N)=O)C(CS)CCS. The molecule has 0 aliphatic heterocycles. The van der Waals surface area contributed by atoms with Gasteiger partial charge < -0.3 is 11.1 Å². The van der Waals surface area contributed by atoms with Crippen LogP contribution in [0.25, 0.3) is 0 Å². The third-order valence-corrected chi connectivity index (χ3v) is 4.06. The van der Waals surface area contributed by atoms with Gasteiger partial charge in [0.05, 0.1) is 11.8 Å². The number of nitrogens with two attached hydrogens (primary N) is 1. The maximum atomic E-state index is 11.4. The molecule has 100 valence electrons. The van der Waals surface area contributed by atoms with Crippen molar-refractivity contribution in [1.29, 1.82) is 0 Å². The predicted octanol–water partition coefficient (Wildman–Crippen LogP) is 0.781. The van der Waals surface area contributed by atoms with Crippen LogP contribution in [0.4, 0.5) is 0 Å². The lowest BCUT2D eigenvalue weighted by atomic mass is 9.92. The van der Waals surface area contributed by atoms with Crippen molar-refractivity contribution >= 4 is 48.8 Å². The Hall–Kier alpha value is -0.0100. The average molecular weight is 296 g/mol. The van der Waals surface area contributed by atoms with Crippen molar-refractivity contribution in [1.82, 2.24) is 5.32 Å². The van der Waals surface area contributed by atoms with Gasteiger partial charge in [0.25, 0.3) is 0 Å². The molecule has 7 heteroatoms. The maximum absolute atomic E-state index is 11.4. The summed E-state index contributed by atoms with van der Waals surface area (Å²) < 4.78 is 0. The fraction of sp³-hybridized carbons (Fsp3) is 0.800. The van der Waals surface area contributed by atoms with Crippen LogP contribution in [0.2, 0.25) is 0 Å². The van der Waals surface area contributed by atoms with Crippen molar-refractivity contribution < 1.29 is 9.59 Å². The van der Waals surface area contributed by atoms with Gasteiger partial charge in [-0.2, -0.15) is 25.3 Å². The monoisotopic (exact) mass is 296 g/mol. The number of carbonyl (C=O) groups is 2. The minimum absolute atomic E-state index is 0.0748. The topological polar surface area (TPSA) is 72.2 Å². The maximum Gasteiger partial charge on any atom is 0.221 e. The average Bonchev–Trinajstić information content (AvgIpc) is 2.26. The summed E-state index contributed by atoms with van der Waals surface area (Å²) in [6.45, 7) is 1.46. The molecule has 0 bridgehead atoms. The Kier molecular flexibility index (Phi) is 9.96. The van der Waals surface area contributed by atoms with Crippen molar-refractivity contribution in [2.24, 2.45) is 17.6 Å². The molecule has 17 heavy (non-hydrogen) atoms. The van der Waals surface area contributed by atoms with Crippen LogP contribution in [0.1, 0.15) is 13.3 Å².